The molecule has 0 aromatic heterocycles. The first-order chi connectivity index (χ1) is 5.06. The maximum Gasteiger partial charge on any atom is 0.0923 e. The van der Waals surface area contributed by atoms with Gasteiger partial charge < -0.3 is 4.74 Å². The number of hydrogen-bond donors (Lipinski definition) is 0. The van der Waals surface area contributed by atoms with Gasteiger partial charge in [-0.25, -0.2) is 0 Å². The molecule has 1 heterocycles. The molecule has 0 spiro atoms. The topological polar surface area (TPSA) is 12.5 Å². The fraction of sp³-hybridized carbons (Fsp3) is 1.00. The van der Waals surface area contributed by atoms with Gasteiger partial charge in [-0.3, -0.25) is 0 Å². The average molecular weight is 152 g/mol. The molecule has 0 N–H and O–H groups in total. The average Bonchev–Trinajstić information content (AvgIpc) is 2.69. The maximum absolute atomic E-state index is 5.75. The first-order valence-corrected chi connectivity index (χ1v) is 4.73. The van der Waals surface area contributed by atoms with Gasteiger partial charge in [-0.1, -0.05) is 13.8 Å². The van der Waals surface area contributed by atoms with Crippen LogP contribution >= 0.6 is 0 Å². The third-order valence-electron chi connectivity index (χ3n) is 4.36. The Balaban J connectivity index is 1.90. The lowest BCUT2D eigenvalue weighted by Crippen LogP contribution is -2.16. The molecule has 0 radical (unpaired) electrons. The lowest BCUT2D eigenvalue weighted by Gasteiger charge is -2.09. The summed E-state index contributed by atoms with van der Waals surface area (Å²) < 4.78 is 5.75. The SMILES string of the molecule is CC12CCC3C(C1O2)C3(C)C. The van der Waals surface area contributed by atoms with Crippen molar-refractivity contribution in [3.05, 3.63) is 0 Å². The Morgan fingerprint density at radius 2 is 2.00 bits per heavy atom. The van der Waals surface area contributed by atoms with E-state index < -0.39 is 0 Å². The number of fused-ring (bicyclic) bond motifs is 3. The van der Waals surface area contributed by atoms with Crippen molar-refractivity contribution in [1.82, 2.24) is 0 Å². The van der Waals surface area contributed by atoms with E-state index in [0.717, 1.165) is 11.8 Å². The lowest BCUT2D eigenvalue weighted by molar-refractivity contribution is 0.286. The second kappa shape index (κ2) is 1.39. The second-order valence-corrected chi connectivity index (χ2v) is 5.34. The first-order valence-electron chi connectivity index (χ1n) is 4.73. The molecule has 0 aromatic rings. The van der Waals surface area contributed by atoms with Gasteiger partial charge in [0.25, 0.3) is 0 Å². The van der Waals surface area contributed by atoms with E-state index in [0.29, 0.717) is 17.1 Å². The number of hydrogen-bond acceptors (Lipinski definition) is 1. The Bertz CT molecular complexity index is 221. The maximum atomic E-state index is 5.75. The van der Waals surface area contributed by atoms with Crippen LogP contribution in [-0.4, -0.2) is 11.7 Å². The number of rotatable bonds is 0. The monoisotopic (exact) mass is 152 g/mol. The summed E-state index contributed by atoms with van der Waals surface area (Å²) in [5.74, 6) is 1.89. The molecule has 62 valence electrons. The Labute approximate surface area is 68.1 Å². The van der Waals surface area contributed by atoms with E-state index in [-0.39, 0.29) is 0 Å². The van der Waals surface area contributed by atoms with E-state index in [1.165, 1.54) is 12.8 Å². The molecule has 0 bridgehead atoms. The molecule has 11 heavy (non-hydrogen) atoms. The molecular weight excluding hydrogens is 136 g/mol. The van der Waals surface area contributed by atoms with E-state index in [9.17, 15) is 0 Å². The molecule has 1 heteroatoms. The van der Waals surface area contributed by atoms with Gasteiger partial charge in [0, 0.05) is 0 Å². The Hall–Kier alpha value is -0.0400. The molecule has 1 saturated heterocycles. The van der Waals surface area contributed by atoms with Gasteiger partial charge >= 0.3 is 0 Å². The van der Waals surface area contributed by atoms with E-state index in [1.54, 1.807) is 0 Å². The van der Waals surface area contributed by atoms with Crippen molar-refractivity contribution in [2.24, 2.45) is 17.3 Å². The molecule has 1 aliphatic heterocycles. The molecule has 3 rings (SSSR count). The number of ether oxygens (including phenoxy) is 1. The summed E-state index contributed by atoms with van der Waals surface area (Å²) in [6, 6.07) is 0. The van der Waals surface area contributed by atoms with Crippen LogP contribution in [0.3, 0.4) is 0 Å². The van der Waals surface area contributed by atoms with Crippen molar-refractivity contribution >= 4 is 0 Å². The smallest absolute Gasteiger partial charge is 0.0923 e. The van der Waals surface area contributed by atoms with Crippen molar-refractivity contribution in [2.45, 2.75) is 45.3 Å². The largest absolute Gasteiger partial charge is 0.366 e. The summed E-state index contributed by atoms with van der Waals surface area (Å²) in [6.45, 7) is 7.08. The van der Waals surface area contributed by atoms with Crippen molar-refractivity contribution < 1.29 is 4.74 Å². The zero-order chi connectivity index (χ0) is 7.85. The fourth-order valence-corrected chi connectivity index (χ4v) is 3.29. The van der Waals surface area contributed by atoms with Gasteiger partial charge in [-0.05, 0) is 37.0 Å². The van der Waals surface area contributed by atoms with Crippen LogP contribution in [0.15, 0.2) is 0 Å². The van der Waals surface area contributed by atoms with Crippen LogP contribution in [0.5, 0.6) is 0 Å². The minimum absolute atomic E-state index is 0.314. The predicted molar refractivity (Wildman–Crippen MR) is 43.3 cm³/mol. The van der Waals surface area contributed by atoms with Gasteiger partial charge in [0.2, 0.25) is 0 Å². The van der Waals surface area contributed by atoms with E-state index in [1.807, 2.05) is 0 Å². The quantitative estimate of drug-likeness (QED) is 0.485. The Morgan fingerprint density at radius 1 is 1.27 bits per heavy atom. The van der Waals surface area contributed by atoms with Crippen LogP contribution in [0, 0.1) is 17.3 Å². The van der Waals surface area contributed by atoms with Crippen molar-refractivity contribution in [1.29, 1.82) is 0 Å². The third kappa shape index (κ3) is 0.581. The summed E-state index contributed by atoms with van der Waals surface area (Å²) in [7, 11) is 0. The zero-order valence-corrected chi connectivity index (χ0v) is 7.55. The predicted octanol–water partition coefficient (Wildman–Crippen LogP) is 2.21. The van der Waals surface area contributed by atoms with Gasteiger partial charge in [0.1, 0.15) is 0 Å². The molecule has 3 fully saturated rings. The molecule has 3 aliphatic rings. The van der Waals surface area contributed by atoms with Crippen LogP contribution < -0.4 is 0 Å². The first kappa shape index (κ1) is 6.47. The highest BCUT2D eigenvalue weighted by Gasteiger charge is 2.74. The summed E-state index contributed by atoms with van der Waals surface area (Å²) in [6.07, 6.45) is 3.35. The molecule has 2 saturated carbocycles. The lowest BCUT2D eigenvalue weighted by atomic mass is 9.91. The van der Waals surface area contributed by atoms with Crippen molar-refractivity contribution in [2.75, 3.05) is 0 Å². The minimum Gasteiger partial charge on any atom is -0.366 e. The van der Waals surface area contributed by atoms with Crippen molar-refractivity contribution in [3.8, 4) is 0 Å². The highest BCUT2D eigenvalue weighted by Crippen LogP contribution is 2.72. The molecule has 0 aromatic carbocycles. The summed E-state index contributed by atoms with van der Waals surface area (Å²) in [4.78, 5) is 0. The Morgan fingerprint density at radius 3 is 2.64 bits per heavy atom. The third-order valence-corrected chi connectivity index (χ3v) is 4.36. The Kier molecular flexibility index (Phi) is 0.820. The van der Waals surface area contributed by atoms with Gasteiger partial charge in [-0.15, -0.1) is 0 Å². The van der Waals surface area contributed by atoms with Crippen LogP contribution in [0.2, 0.25) is 0 Å². The molecule has 4 atom stereocenters. The van der Waals surface area contributed by atoms with Crippen LogP contribution in [0.1, 0.15) is 33.6 Å². The van der Waals surface area contributed by atoms with Gasteiger partial charge in [0.15, 0.2) is 0 Å². The summed E-state index contributed by atoms with van der Waals surface area (Å²) >= 11 is 0. The van der Waals surface area contributed by atoms with Gasteiger partial charge in [0.05, 0.1) is 11.7 Å². The van der Waals surface area contributed by atoms with Gasteiger partial charge in [-0.2, -0.15) is 0 Å². The molecule has 1 nitrogen and oxygen atoms in total. The van der Waals surface area contributed by atoms with E-state index >= 15 is 0 Å². The van der Waals surface area contributed by atoms with E-state index in [2.05, 4.69) is 20.8 Å². The minimum atomic E-state index is 0.314. The zero-order valence-electron chi connectivity index (χ0n) is 7.55. The highest BCUT2D eigenvalue weighted by atomic mass is 16.6. The molecular formula is C10H16O. The number of epoxide rings is 1. The van der Waals surface area contributed by atoms with Crippen molar-refractivity contribution in [3.63, 3.8) is 0 Å². The van der Waals surface area contributed by atoms with Crippen LogP contribution in [0.25, 0.3) is 0 Å². The summed E-state index contributed by atoms with van der Waals surface area (Å²) in [5.41, 5.74) is 0.924. The molecule has 0 amide bonds. The normalized spacial score (nSPS) is 63.0. The van der Waals surface area contributed by atoms with Crippen LogP contribution in [-0.2, 0) is 4.74 Å². The summed E-state index contributed by atoms with van der Waals surface area (Å²) in [5, 5.41) is 0. The fourth-order valence-electron chi connectivity index (χ4n) is 3.29. The highest BCUT2D eigenvalue weighted by molar-refractivity contribution is 5.21. The molecule has 4 unspecified atom stereocenters. The molecule has 2 aliphatic carbocycles. The second-order valence-electron chi connectivity index (χ2n) is 5.34. The standard InChI is InChI=1S/C10H16O/c1-9(2)6-4-5-10(3)8(11-10)7(6)9/h6-8H,4-5H2,1-3H3. The van der Waals surface area contributed by atoms with Crippen LogP contribution in [0.4, 0.5) is 0 Å². The van der Waals surface area contributed by atoms with E-state index in [4.69, 9.17) is 4.74 Å².